The number of carbonyl (C=O) groups excluding carboxylic acids is 2. The van der Waals surface area contributed by atoms with Gasteiger partial charge in [0, 0.05) is 50.0 Å². The smallest absolute Gasteiger partial charge is 0.225 e. The van der Waals surface area contributed by atoms with Crippen molar-refractivity contribution < 1.29 is 23.8 Å². The van der Waals surface area contributed by atoms with E-state index in [-0.39, 0.29) is 42.1 Å². The predicted octanol–water partition coefficient (Wildman–Crippen LogP) is 3.33. The highest BCUT2D eigenvalue weighted by Crippen LogP contribution is 2.40. The van der Waals surface area contributed by atoms with E-state index in [4.69, 9.17) is 10.5 Å². The summed E-state index contributed by atoms with van der Waals surface area (Å²) in [6.07, 6.45) is 1.39. The minimum Gasteiger partial charge on any atom is -0.391 e. The van der Waals surface area contributed by atoms with Gasteiger partial charge in [-0.3, -0.25) is 9.59 Å². The summed E-state index contributed by atoms with van der Waals surface area (Å²) in [6, 6.07) is 12.4. The Morgan fingerprint density at radius 2 is 2.03 bits per heavy atom. The second kappa shape index (κ2) is 12.2. The molecule has 2 aromatic carbocycles. The van der Waals surface area contributed by atoms with E-state index in [0.717, 1.165) is 29.5 Å². The van der Waals surface area contributed by atoms with Crippen LogP contribution >= 0.6 is 0 Å². The molecule has 2 aromatic rings. The van der Waals surface area contributed by atoms with Crippen LogP contribution in [-0.2, 0) is 14.3 Å². The first kappa shape index (κ1) is 27.2. The van der Waals surface area contributed by atoms with Crippen LogP contribution in [0.25, 0.3) is 11.1 Å². The average molecular weight is 512 g/mol. The minimum absolute atomic E-state index is 0.0202. The fourth-order valence-corrected chi connectivity index (χ4v) is 5.74. The highest BCUT2D eigenvalue weighted by molar-refractivity contribution is 5.79. The Morgan fingerprint density at radius 1 is 1.24 bits per heavy atom. The Labute approximate surface area is 218 Å². The molecule has 1 unspecified atom stereocenters. The first-order valence-electron chi connectivity index (χ1n) is 13.2. The van der Waals surface area contributed by atoms with Gasteiger partial charge in [-0.25, -0.2) is 4.39 Å². The molecule has 5 atom stereocenters. The Balaban J connectivity index is 1.62. The second-order valence-electron chi connectivity index (χ2n) is 10.4. The molecule has 7 nitrogen and oxygen atoms in total. The molecule has 37 heavy (non-hydrogen) atoms. The molecule has 1 saturated carbocycles. The van der Waals surface area contributed by atoms with Crippen molar-refractivity contribution in [1.29, 1.82) is 0 Å². The van der Waals surface area contributed by atoms with Crippen molar-refractivity contribution in [3.63, 3.8) is 0 Å². The maximum absolute atomic E-state index is 15.4. The van der Waals surface area contributed by atoms with Crippen molar-refractivity contribution >= 4 is 11.8 Å². The SMILES string of the molecule is CC(=O)NCCO[C@@H](c1cccc(F)c1-c1cccc(C)c1)C1CCCN(C(=O)[C@H]2C[C@@H](N)[C@@H](O)C2)C1. The van der Waals surface area contributed by atoms with E-state index in [1.807, 2.05) is 42.2 Å². The number of nitrogens with zero attached hydrogens (tertiary/aromatic N) is 1. The largest absolute Gasteiger partial charge is 0.391 e. The van der Waals surface area contributed by atoms with E-state index in [9.17, 15) is 14.7 Å². The first-order chi connectivity index (χ1) is 17.7. The maximum atomic E-state index is 15.4. The number of rotatable bonds is 8. The van der Waals surface area contributed by atoms with Gasteiger partial charge < -0.3 is 25.8 Å². The molecule has 1 aliphatic heterocycles. The molecule has 4 rings (SSSR count). The van der Waals surface area contributed by atoms with Gasteiger partial charge in [-0.1, -0.05) is 42.0 Å². The van der Waals surface area contributed by atoms with Crippen molar-refractivity contribution in [1.82, 2.24) is 10.2 Å². The van der Waals surface area contributed by atoms with Crippen LogP contribution in [0.3, 0.4) is 0 Å². The molecule has 1 aliphatic carbocycles. The van der Waals surface area contributed by atoms with Crippen molar-refractivity contribution in [2.24, 2.45) is 17.6 Å². The maximum Gasteiger partial charge on any atom is 0.225 e. The third-order valence-electron chi connectivity index (χ3n) is 7.56. The number of amides is 2. The summed E-state index contributed by atoms with van der Waals surface area (Å²) >= 11 is 0. The lowest BCUT2D eigenvalue weighted by molar-refractivity contribution is -0.139. The highest BCUT2D eigenvalue weighted by atomic mass is 19.1. The van der Waals surface area contributed by atoms with Crippen molar-refractivity contribution in [3.8, 4) is 11.1 Å². The van der Waals surface area contributed by atoms with E-state index in [1.165, 1.54) is 13.0 Å². The molecule has 2 aliphatic rings. The number of hydrogen-bond donors (Lipinski definition) is 3. The molecule has 4 N–H and O–H groups in total. The lowest BCUT2D eigenvalue weighted by atomic mass is 9.84. The fraction of sp³-hybridized carbons (Fsp3) is 0.517. The lowest BCUT2D eigenvalue weighted by Crippen LogP contribution is -2.44. The average Bonchev–Trinajstić information content (AvgIpc) is 3.21. The van der Waals surface area contributed by atoms with Gasteiger partial charge in [-0.05, 0) is 49.8 Å². The monoisotopic (exact) mass is 511 g/mol. The summed E-state index contributed by atoms with van der Waals surface area (Å²) in [5.41, 5.74) is 9.02. The number of nitrogens with two attached hydrogens (primary N) is 1. The molecule has 1 heterocycles. The van der Waals surface area contributed by atoms with Gasteiger partial charge in [0.1, 0.15) is 5.82 Å². The van der Waals surface area contributed by atoms with E-state index < -0.39 is 12.2 Å². The molecule has 0 aromatic heterocycles. The van der Waals surface area contributed by atoms with Crippen LogP contribution in [0.4, 0.5) is 4.39 Å². The standard InChI is InChI=1S/C29H38FN3O4/c1-18-6-3-7-20(14-18)27-23(9-4-10-24(27)30)28(37-13-11-32-19(2)34)21-8-5-12-33(17-21)29(36)22-15-25(31)26(35)16-22/h3-4,6-7,9-10,14,21-22,25-26,28,35H,5,8,11-13,15-17,31H2,1-2H3,(H,32,34)/t21?,22-,25+,26-,28+/m0/s1. The normalized spacial score (nSPS) is 24.6. The number of ether oxygens (including phenoxy) is 1. The number of nitrogens with one attached hydrogen (secondary N) is 1. The lowest BCUT2D eigenvalue weighted by Gasteiger charge is -2.38. The molecular weight excluding hydrogens is 473 g/mol. The molecule has 1 saturated heterocycles. The number of halogens is 1. The topological polar surface area (TPSA) is 105 Å². The predicted molar refractivity (Wildman–Crippen MR) is 140 cm³/mol. The number of likely N-dealkylation sites (tertiary alicyclic amines) is 1. The molecular formula is C29H38FN3O4. The fourth-order valence-electron chi connectivity index (χ4n) is 5.74. The Hall–Kier alpha value is -2.81. The Bertz CT molecular complexity index is 1100. The number of aliphatic hydroxyl groups is 1. The van der Waals surface area contributed by atoms with Crippen LogP contribution in [0.5, 0.6) is 0 Å². The Kier molecular flexibility index (Phi) is 8.95. The second-order valence-corrected chi connectivity index (χ2v) is 10.4. The number of aryl methyl sites for hydroxylation is 1. The molecule has 2 fully saturated rings. The first-order valence-corrected chi connectivity index (χ1v) is 13.2. The summed E-state index contributed by atoms with van der Waals surface area (Å²) in [5, 5.41) is 12.8. The van der Waals surface area contributed by atoms with Gasteiger partial charge in [-0.2, -0.15) is 0 Å². The van der Waals surface area contributed by atoms with Crippen LogP contribution in [-0.4, -0.2) is 60.2 Å². The molecule has 8 heteroatoms. The summed E-state index contributed by atoms with van der Waals surface area (Å²) in [4.78, 5) is 26.6. The van der Waals surface area contributed by atoms with Gasteiger partial charge in [0.25, 0.3) is 0 Å². The van der Waals surface area contributed by atoms with Crippen LogP contribution < -0.4 is 11.1 Å². The van der Waals surface area contributed by atoms with E-state index >= 15 is 4.39 Å². The molecule has 2 amide bonds. The van der Waals surface area contributed by atoms with Gasteiger partial charge in [-0.15, -0.1) is 0 Å². The van der Waals surface area contributed by atoms with Gasteiger partial charge in [0.2, 0.25) is 11.8 Å². The number of aliphatic hydroxyl groups excluding tert-OH is 1. The summed E-state index contributed by atoms with van der Waals surface area (Å²) < 4.78 is 21.7. The zero-order valence-electron chi connectivity index (χ0n) is 21.7. The van der Waals surface area contributed by atoms with Gasteiger partial charge >= 0.3 is 0 Å². The molecule has 0 spiro atoms. The van der Waals surface area contributed by atoms with Crippen LogP contribution in [0, 0.1) is 24.6 Å². The highest BCUT2D eigenvalue weighted by Gasteiger charge is 2.39. The van der Waals surface area contributed by atoms with E-state index in [0.29, 0.717) is 38.0 Å². The zero-order valence-corrected chi connectivity index (χ0v) is 21.7. The van der Waals surface area contributed by atoms with E-state index in [2.05, 4.69) is 5.32 Å². The van der Waals surface area contributed by atoms with Crippen molar-refractivity contribution in [2.75, 3.05) is 26.2 Å². The molecule has 200 valence electrons. The van der Waals surface area contributed by atoms with Crippen LogP contribution in [0.2, 0.25) is 0 Å². The number of carbonyl (C=O) groups is 2. The van der Waals surface area contributed by atoms with Crippen LogP contribution in [0.15, 0.2) is 42.5 Å². The number of hydrogen-bond acceptors (Lipinski definition) is 5. The minimum atomic E-state index is -0.649. The molecule has 0 radical (unpaired) electrons. The van der Waals surface area contributed by atoms with Gasteiger partial charge in [0.05, 0.1) is 18.8 Å². The quantitative estimate of drug-likeness (QED) is 0.472. The number of benzene rings is 2. The van der Waals surface area contributed by atoms with Gasteiger partial charge in [0.15, 0.2) is 0 Å². The Morgan fingerprint density at radius 3 is 2.73 bits per heavy atom. The van der Waals surface area contributed by atoms with E-state index in [1.54, 1.807) is 6.07 Å². The summed E-state index contributed by atoms with van der Waals surface area (Å²) in [5.74, 6) is -0.777. The van der Waals surface area contributed by atoms with Crippen molar-refractivity contribution in [3.05, 3.63) is 59.4 Å². The summed E-state index contributed by atoms with van der Waals surface area (Å²) in [7, 11) is 0. The third kappa shape index (κ3) is 6.55. The third-order valence-corrected chi connectivity index (χ3v) is 7.56. The van der Waals surface area contributed by atoms with Crippen molar-refractivity contribution in [2.45, 2.75) is 57.8 Å². The zero-order chi connectivity index (χ0) is 26.5. The molecule has 0 bridgehead atoms. The summed E-state index contributed by atoms with van der Waals surface area (Å²) in [6.45, 7) is 5.16. The number of piperidine rings is 1. The van der Waals surface area contributed by atoms with Crippen LogP contribution in [0.1, 0.15) is 49.8 Å².